The number of fused-ring (bicyclic) bond motifs is 5. The van der Waals surface area contributed by atoms with Crippen molar-refractivity contribution in [1.82, 2.24) is 9.88 Å². The Kier molecular flexibility index (Phi) is 2.47. The van der Waals surface area contributed by atoms with Gasteiger partial charge in [0.2, 0.25) is 11.8 Å². The van der Waals surface area contributed by atoms with Gasteiger partial charge in [-0.25, -0.2) is 0 Å². The van der Waals surface area contributed by atoms with Gasteiger partial charge in [-0.05, 0) is 43.5 Å². The minimum Gasteiger partial charge on any atom is -0.494 e. The Morgan fingerprint density at radius 3 is 2.30 bits per heavy atom. The second kappa shape index (κ2) is 4.02. The minimum absolute atomic E-state index is 0.166. The summed E-state index contributed by atoms with van der Waals surface area (Å²) >= 11 is 3.47. The molecule has 4 nitrogen and oxygen atoms in total. The third kappa shape index (κ3) is 1.45. The third-order valence-corrected chi connectivity index (χ3v) is 5.33. The van der Waals surface area contributed by atoms with Gasteiger partial charge in [0.05, 0.1) is 5.69 Å². The summed E-state index contributed by atoms with van der Waals surface area (Å²) in [5.41, 5.74) is 3.60. The maximum absolute atomic E-state index is 10.5. The molecule has 1 fully saturated rings. The molecule has 1 saturated heterocycles. The maximum atomic E-state index is 10.5. The molecule has 0 saturated carbocycles. The Bertz CT molecular complexity index is 690. The Hall–Kier alpha value is -1.46. The van der Waals surface area contributed by atoms with Gasteiger partial charge in [0.25, 0.3) is 0 Å². The fraction of sp³-hybridized carbons (Fsp3) is 0.333. The summed E-state index contributed by atoms with van der Waals surface area (Å²) in [6.07, 6.45) is 2.04. The first-order valence-electron chi connectivity index (χ1n) is 6.77. The lowest BCUT2D eigenvalue weighted by Gasteiger charge is -2.11. The first kappa shape index (κ1) is 12.3. The van der Waals surface area contributed by atoms with Crippen molar-refractivity contribution in [3.63, 3.8) is 0 Å². The van der Waals surface area contributed by atoms with Crippen LogP contribution in [0.4, 0.5) is 0 Å². The first-order valence-corrected chi connectivity index (χ1v) is 7.56. The molecule has 2 aliphatic rings. The zero-order chi connectivity index (χ0) is 14.0. The molecule has 2 atom stereocenters. The van der Waals surface area contributed by atoms with Gasteiger partial charge >= 0.3 is 0 Å². The fourth-order valence-corrected chi connectivity index (χ4v) is 3.73. The highest BCUT2D eigenvalue weighted by atomic mass is 79.9. The largest absolute Gasteiger partial charge is 0.494 e. The van der Waals surface area contributed by atoms with Crippen molar-refractivity contribution in [2.75, 3.05) is 0 Å². The van der Waals surface area contributed by atoms with E-state index >= 15 is 0 Å². The van der Waals surface area contributed by atoms with Crippen molar-refractivity contribution >= 4 is 15.9 Å². The van der Waals surface area contributed by atoms with Gasteiger partial charge in [-0.1, -0.05) is 15.9 Å². The number of hydrogen-bond donors (Lipinski definition) is 3. The van der Waals surface area contributed by atoms with Crippen LogP contribution in [0.3, 0.4) is 0 Å². The van der Waals surface area contributed by atoms with Crippen LogP contribution in [0.1, 0.15) is 41.6 Å². The molecule has 1 aromatic carbocycles. The highest BCUT2D eigenvalue weighted by Gasteiger charge is 2.43. The van der Waals surface area contributed by atoms with E-state index in [-0.39, 0.29) is 23.8 Å². The summed E-state index contributed by atoms with van der Waals surface area (Å²) < 4.78 is 2.57. The van der Waals surface area contributed by atoms with Gasteiger partial charge in [-0.15, -0.1) is 0 Å². The van der Waals surface area contributed by atoms with Crippen molar-refractivity contribution < 1.29 is 10.2 Å². The Morgan fingerprint density at radius 2 is 1.75 bits per heavy atom. The second-order valence-corrected chi connectivity index (χ2v) is 6.45. The number of hydrogen-bond acceptors (Lipinski definition) is 3. The molecular formula is C15H15BrN2O2. The standard InChI is InChI=1S/C15H15BrN2O2/c1-7-6-8(2-3-9(7)16)18-14(19)12-10-4-5-11(17-10)13(12)15(18)20/h2-3,6,10-11,17,19-20H,4-5H2,1H3. The third-order valence-electron chi connectivity index (χ3n) is 4.44. The van der Waals surface area contributed by atoms with Gasteiger partial charge in [-0.2, -0.15) is 0 Å². The number of aryl methyl sites for hydroxylation is 1. The van der Waals surface area contributed by atoms with E-state index in [1.54, 1.807) is 4.57 Å². The molecular weight excluding hydrogens is 320 g/mol. The average molecular weight is 335 g/mol. The molecule has 0 spiro atoms. The van der Waals surface area contributed by atoms with Gasteiger partial charge < -0.3 is 15.5 Å². The van der Waals surface area contributed by atoms with E-state index in [4.69, 9.17) is 0 Å². The van der Waals surface area contributed by atoms with Crippen LogP contribution in [0.5, 0.6) is 11.8 Å². The number of aromatic nitrogens is 1. The van der Waals surface area contributed by atoms with Crippen LogP contribution in [0.2, 0.25) is 0 Å². The normalized spacial score (nSPS) is 23.3. The molecule has 0 radical (unpaired) electrons. The molecule has 1 aromatic heterocycles. The van der Waals surface area contributed by atoms with E-state index in [0.717, 1.165) is 39.7 Å². The monoisotopic (exact) mass is 334 g/mol. The molecule has 2 aliphatic heterocycles. The van der Waals surface area contributed by atoms with Crippen LogP contribution in [0.25, 0.3) is 5.69 Å². The van der Waals surface area contributed by atoms with E-state index < -0.39 is 0 Å². The fourth-order valence-electron chi connectivity index (χ4n) is 3.48. The lowest BCUT2D eigenvalue weighted by atomic mass is 9.95. The van der Waals surface area contributed by atoms with E-state index in [2.05, 4.69) is 21.2 Å². The molecule has 2 bridgehead atoms. The van der Waals surface area contributed by atoms with Crippen molar-refractivity contribution in [3.8, 4) is 17.4 Å². The van der Waals surface area contributed by atoms with Crippen molar-refractivity contribution in [3.05, 3.63) is 39.4 Å². The van der Waals surface area contributed by atoms with Crippen LogP contribution < -0.4 is 5.32 Å². The number of rotatable bonds is 1. The quantitative estimate of drug-likeness (QED) is 0.748. The summed E-state index contributed by atoms with van der Waals surface area (Å²) in [5, 5.41) is 24.4. The predicted molar refractivity (Wildman–Crippen MR) is 79.4 cm³/mol. The summed E-state index contributed by atoms with van der Waals surface area (Å²) in [6.45, 7) is 1.99. The Morgan fingerprint density at radius 1 is 1.15 bits per heavy atom. The van der Waals surface area contributed by atoms with Crippen molar-refractivity contribution in [1.29, 1.82) is 0 Å². The molecule has 3 heterocycles. The number of nitrogens with zero attached hydrogens (tertiary/aromatic N) is 1. The summed E-state index contributed by atoms with van der Waals surface area (Å²) in [4.78, 5) is 0. The Labute approximate surface area is 125 Å². The van der Waals surface area contributed by atoms with Gasteiger partial charge in [0.15, 0.2) is 0 Å². The van der Waals surface area contributed by atoms with Crippen LogP contribution in [0, 0.1) is 6.92 Å². The predicted octanol–water partition coefficient (Wildman–Crippen LogP) is 3.44. The van der Waals surface area contributed by atoms with E-state index in [0.29, 0.717) is 0 Å². The minimum atomic E-state index is 0.166. The van der Waals surface area contributed by atoms with E-state index in [1.165, 1.54) is 0 Å². The van der Waals surface area contributed by atoms with Crippen LogP contribution in [-0.4, -0.2) is 14.8 Å². The molecule has 104 valence electrons. The molecule has 2 aromatic rings. The maximum Gasteiger partial charge on any atom is 0.203 e. The summed E-state index contributed by atoms with van der Waals surface area (Å²) in [5.74, 6) is 0.331. The highest BCUT2D eigenvalue weighted by Crippen LogP contribution is 2.54. The number of aromatic hydroxyl groups is 2. The summed E-state index contributed by atoms with van der Waals surface area (Å²) in [7, 11) is 0. The second-order valence-electron chi connectivity index (χ2n) is 5.59. The van der Waals surface area contributed by atoms with Crippen LogP contribution in [0.15, 0.2) is 22.7 Å². The van der Waals surface area contributed by atoms with Crippen molar-refractivity contribution in [2.24, 2.45) is 0 Å². The van der Waals surface area contributed by atoms with Gasteiger partial charge in [0.1, 0.15) is 0 Å². The molecule has 20 heavy (non-hydrogen) atoms. The lowest BCUT2D eigenvalue weighted by Crippen LogP contribution is -2.08. The topological polar surface area (TPSA) is 57.4 Å². The average Bonchev–Trinajstić information content (AvgIpc) is 3.08. The van der Waals surface area contributed by atoms with Crippen molar-refractivity contribution in [2.45, 2.75) is 31.8 Å². The smallest absolute Gasteiger partial charge is 0.203 e. The zero-order valence-electron chi connectivity index (χ0n) is 11.0. The lowest BCUT2D eigenvalue weighted by molar-refractivity contribution is 0.391. The number of nitrogens with one attached hydrogen (secondary N) is 1. The summed E-state index contributed by atoms with van der Waals surface area (Å²) in [6, 6.07) is 6.13. The van der Waals surface area contributed by atoms with E-state index in [1.807, 2.05) is 25.1 Å². The van der Waals surface area contributed by atoms with Gasteiger partial charge in [-0.3, -0.25) is 4.57 Å². The van der Waals surface area contributed by atoms with Crippen LogP contribution >= 0.6 is 15.9 Å². The number of halogens is 1. The van der Waals surface area contributed by atoms with Gasteiger partial charge in [0, 0.05) is 27.7 Å². The zero-order valence-corrected chi connectivity index (χ0v) is 12.6. The molecule has 4 rings (SSSR count). The molecule has 5 heteroatoms. The molecule has 0 aliphatic carbocycles. The van der Waals surface area contributed by atoms with Crippen LogP contribution in [-0.2, 0) is 0 Å². The van der Waals surface area contributed by atoms with E-state index in [9.17, 15) is 10.2 Å². The first-order chi connectivity index (χ1) is 9.58. The molecule has 0 amide bonds. The number of benzene rings is 1. The SMILES string of the molecule is Cc1cc(-n2c(O)c3c(c2O)C2CCC3N2)ccc1Br. The molecule has 2 unspecified atom stereocenters. The Balaban J connectivity index is 1.94. The highest BCUT2D eigenvalue weighted by molar-refractivity contribution is 9.10. The molecule has 3 N–H and O–H groups in total.